The number of thiophene rings is 1. The Bertz CT molecular complexity index is 3280. The third kappa shape index (κ3) is 4.37. The Hall–Kier alpha value is -4.38. The highest BCUT2D eigenvalue weighted by molar-refractivity contribution is 7.26. The molecular weight excluding hydrogens is 669 g/mol. The van der Waals surface area contributed by atoms with Crippen molar-refractivity contribution in [3.05, 3.63) is 72.8 Å². The molecule has 10 aromatic rings. The minimum absolute atomic E-state index is 1.05. The minimum Gasteiger partial charge on any atom is -0.310 e. The van der Waals surface area contributed by atoms with E-state index in [0.29, 0.717) is 0 Å². The van der Waals surface area contributed by atoms with Crippen molar-refractivity contribution in [1.29, 1.82) is 0 Å². The van der Waals surface area contributed by atoms with E-state index in [4.69, 9.17) is 4.98 Å². The number of para-hydroxylation sites is 1. The summed E-state index contributed by atoms with van der Waals surface area (Å²) in [6.45, 7) is 0. The second kappa shape index (κ2) is 11.6. The Morgan fingerprint density at radius 3 is 1.70 bits per heavy atom. The van der Waals surface area contributed by atoms with Gasteiger partial charge in [-0.3, -0.25) is 0 Å². The summed E-state index contributed by atoms with van der Waals surface area (Å²) in [6.07, 6.45) is 0. The molecule has 0 atom stereocenters. The summed E-state index contributed by atoms with van der Waals surface area (Å²) in [5.41, 5.74) is 19.9. The van der Waals surface area contributed by atoms with E-state index >= 15 is 0 Å². The first-order chi connectivity index (χ1) is 25.5. The van der Waals surface area contributed by atoms with E-state index in [1.165, 1.54) is 134 Å². The number of rotatable bonds is 2. The third-order valence-electron chi connectivity index (χ3n) is 13.0. The molecule has 3 aromatic heterocycles. The van der Waals surface area contributed by atoms with Crippen LogP contribution in [0.3, 0.4) is 0 Å². The predicted octanol–water partition coefficient (Wildman–Crippen LogP) is -5.68. The van der Waals surface area contributed by atoms with Gasteiger partial charge in [-0.25, -0.2) is 4.98 Å². The van der Waals surface area contributed by atoms with Crippen LogP contribution in [-0.2, 0) is 0 Å². The van der Waals surface area contributed by atoms with Gasteiger partial charge in [0.1, 0.15) is 83.5 Å². The van der Waals surface area contributed by atoms with Crippen LogP contribution in [0.15, 0.2) is 72.8 Å². The van der Waals surface area contributed by atoms with Crippen molar-refractivity contribution < 1.29 is 0 Å². The number of hydrogen-bond donors (Lipinski definition) is 0. The molecule has 0 spiro atoms. The van der Waals surface area contributed by atoms with Gasteiger partial charge < -0.3 is 4.57 Å². The van der Waals surface area contributed by atoms with Crippen molar-refractivity contribution in [1.82, 2.24) is 9.55 Å². The normalized spacial score (nSPS) is 12.2. The van der Waals surface area contributed by atoms with Crippen molar-refractivity contribution in [2.75, 3.05) is 0 Å². The molecule has 0 radical (unpaired) electrons. The van der Waals surface area contributed by atoms with E-state index < -0.39 is 0 Å². The molecular formula is C39H32B10N2S2. The second-order valence-corrected chi connectivity index (χ2v) is 17.5. The first-order valence-corrected chi connectivity index (χ1v) is 20.3. The monoisotopic (exact) mass is 702 g/mol. The Kier molecular flexibility index (Phi) is 7.24. The maximum absolute atomic E-state index is 5.43. The van der Waals surface area contributed by atoms with Crippen molar-refractivity contribution in [3.8, 4) is 16.3 Å². The molecule has 10 rings (SSSR count). The van der Waals surface area contributed by atoms with Crippen LogP contribution in [0.25, 0.3) is 90.0 Å². The summed E-state index contributed by atoms with van der Waals surface area (Å²) < 4.78 is 6.49. The fraction of sp³-hybridized carbons (Fsp3) is 0. The van der Waals surface area contributed by atoms with E-state index in [-0.39, 0.29) is 0 Å². The summed E-state index contributed by atoms with van der Waals surface area (Å²) in [6, 6.07) is 27.0. The summed E-state index contributed by atoms with van der Waals surface area (Å²) in [7, 11) is 23.4. The first-order valence-electron chi connectivity index (χ1n) is 18.7. The van der Waals surface area contributed by atoms with E-state index in [1.807, 2.05) is 22.7 Å². The number of nitrogens with zero attached hydrogens (tertiary/aromatic N) is 2. The van der Waals surface area contributed by atoms with Crippen LogP contribution >= 0.6 is 22.7 Å². The predicted molar refractivity (Wildman–Crippen MR) is 269 cm³/mol. The van der Waals surface area contributed by atoms with Gasteiger partial charge in [0.15, 0.2) is 0 Å². The molecule has 14 heteroatoms. The van der Waals surface area contributed by atoms with Crippen LogP contribution in [0.4, 0.5) is 0 Å². The first kappa shape index (κ1) is 33.2. The number of aromatic nitrogens is 2. The Morgan fingerprint density at radius 2 is 1.00 bits per heavy atom. The molecule has 0 saturated heterocycles. The van der Waals surface area contributed by atoms with Gasteiger partial charge in [-0.2, -0.15) is 0 Å². The number of fused-ring (bicyclic) bond motifs is 9. The van der Waals surface area contributed by atoms with Gasteiger partial charge in [-0.05, 0) is 63.3 Å². The zero-order valence-corrected chi connectivity index (χ0v) is 33.8. The lowest BCUT2D eigenvalue weighted by molar-refractivity contribution is 1.20. The lowest BCUT2D eigenvalue weighted by Gasteiger charge is -2.22. The van der Waals surface area contributed by atoms with E-state index in [2.05, 4.69) is 156 Å². The van der Waals surface area contributed by atoms with Crippen LogP contribution in [0.5, 0.6) is 0 Å². The zero-order chi connectivity index (χ0) is 36.8. The van der Waals surface area contributed by atoms with Crippen molar-refractivity contribution in [2.24, 2.45) is 0 Å². The van der Waals surface area contributed by atoms with Gasteiger partial charge in [0.05, 0.1) is 15.9 Å². The molecule has 0 aliphatic carbocycles. The number of hydrogen-bond acceptors (Lipinski definition) is 3. The molecule has 3 heterocycles. The van der Waals surface area contributed by atoms with E-state index in [0.717, 1.165) is 10.5 Å². The maximum atomic E-state index is 5.43. The minimum atomic E-state index is 1.05. The molecule has 0 aliphatic rings. The van der Waals surface area contributed by atoms with E-state index in [9.17, 15) is 0 Å². The van der Waals surface area contributed by atoms with Crippen molar-refractivity contribution in [3.63, 3.8) is 0 Å². The lowest BCUT2D eigenvalue weighted by atomic mass is 9.61. The molecule has 53 heavy (non-hydrogen) atoms. The maximum Gasteiger partial charge on any atom is 0.142 e. The molecule has 2 nitrogen and oxygen atoms in total. The molecule has 0 aliphatic heterocycles. The van der Waals surface area contributed by atoms with Gasteiger partial charge in [-0.1, -0.05) is 74.6 Å². The number of thiazole rings is 1. The van der Waals surface area contributed by atoms with Crippen LogP contribution in [-0.4, -0.2) is 88.0 Å². The summed E-state index contributed by atoms with van der Waals surface area (Å²) in [4.78, 5) is 5.43. The standard InChI is InChI=1S/C39H32B10N2S2/c40-27-23-24(29(42)33(46)32(45)28(23)41)31(44)37-25(27)26-30(43)34(47)35(48)36(49)38(26)51(37)17-9-10-19-21(22(17)39-50-16-7-3-4-8-18(16)53-39)15-11-13-5-1-2-6-14(13)12-20(15)52-19/h1-12H,40-49H2. The summed E-state index contributed by atoms with van der Waals surface area (Å²) in [5.74, 6) is 0. The summed E-state index contributed by atoms with van der Waals surface area (Å²) >= 11 is 3.71. The van der Waals surface area contributed by atoms with Gasteiger partial charge >= 0.3 is 0 Å². The van der Waals surface area contributed by atoms with Gasteiger partial charge in [0, 0.05) is 42.2 Å². The van der Waals surface area contributed by atoms with Gasteiger partial charge in [-0.15, -0.1) is 39.1 Å². The number of benzene rings is 7. The highest BCUT2D eigenvalue weighted by atomic mass is 32.1. The fourth-order valence-corrected chi connectivity index (χ4v) is 11.8. The molecule has 0 amide bonds. The topological polar surface area (TPSA) is 17.8 Å². The smallest absolute Gasteiger partial charge is 0.142 e. The Balaban J connectivity index is 1.50. The van der Waals surface area contributed by atoms with Crippen LogP contribution in [0, 0.1) is 0 Å². The molecule has 0 saturated carbocycles. The van der Waals surface area contributed by atoms with Gasteiger partial charge in [0.25, 0.3) is 0 Å². The van der Waals surface area contributed by atoms with E-state index in [1.54, 1.807) is 0 Å². The molecule has 0 bridgehead atoms. The van der Waals surface area contributed by atoms with Crippen molar-refractivity contribution in [2.45, 2.75) is 0 Å². The van der Waals surface area contributed by atoms with Gasteiger partial charge in [0.2, 0.25) is 0 Å². The molecule has 0 N–H and O–H groups in total. The Morgan fingerprint density at radius 1 is 0.434 bits per heavy atom. The summed E-state index contributed by atoms with van der Waals surface area (Å²) in [5, 5.41) is 11.8. The molecule has 0 unspecified atom stereocenters. The molecule has 0 fully saturated rings. The SMILES string of the molecule is Bc1c(B)c(B)c2c(B)c3c(c(B)c2c1B)c1c(B)c(B)c(B)c(B)c1n3-c1ccc2sc3cc4ccccc4cc3c2c1-c1nc2ccccc2s1. The lowest BCUT2D eigenvalue weighted by Crippen LogP contribution is -2.50. The van der Waals surface area contributed by atoms with Crippen LogP contribution < -0.4 is 54.6 Å². The Labute approximate surface area is 326 Å². The zero-order valence-electron chi connectivity index (χ0n) is 32.1. The average Bonchev–Trinajstić information content (AvgIpc) is 3.86. The second-order valence-electron chi connectivity index (χ2n) is 15.4. The highest BCUT2D eigenvalue weighted by Gasteiger charge is 2.28. The quantitative estimate of drug-likeness (QED) is 0.165. The third-order valence-corrected chi connectivity index (χ3v) is 15.2. The highest BCUT2D eigenvalue weighted by Crippen LogP contribution is 2.47. The van der Waals surface area contributed by atoms with Crippen LogP contribution in [0.2, 0.25) is 0 Å². The van der Waals surface area contributed by atoms with Crippen molar-refractivity contribution >= 4 is 230 Å². The molecule has 7 aromatic carbocycles. The molecule has 240 valence electrons. The fourth-order valence-electron chi connectivity index (χ4n) is 9.60. The van der Waals surface area contributed by atoms with Crippen LogP contribution in [0.1, 0.15) is 0 Å². The largest absolute Gasteiger partial charge is 0.310 e. The average molecular weight is 701 g/mol.